The number of hydrogen-bond acceptors (Lipinski definition) is 4. The largest absolute Gasteiger partial charge is 0.343 e. The van der Waals surface area contributed by atoms with Crippen molar-refractivity contribution in [2.45, 2.75) is 37.6 Å². The number of piperidine rings is 1. The summed E-state index contributed by atoms with van der Waals surface area (Å²) in [6.45, 7) is 1.46. The third kappa shape index (κ3) is 3.67. The number of nitrogens with zero attached hydrogens (tertiary/aromatic N) is 2. The van der Waals surface area contributed by atoms with Gasteiger partial charge in [0.15, 0.2) is 0 Å². The van der Waals surface area contributed by atoms with Crippen molar-refractivity contribution in [2.75, 3.05) is 13.1 Å². The number of nitrogens with one attached hydrogen (secondary N) is 2. The van der Waals surface area contributed by atoms with Gasteiger partial charge in [0.25, 0.3) is 5.91 Å². The fourth-order valence-electron chi connectivity index (χ4n) is 3.19. The molecule has 0 aromatic carbocycles. The summed E-state index contributed by atoms with van der Waals surface area (Å²) in [4.78, 5) is 40.6. The van der Waals surface area contributed by atoms with E-state index in [9.17, 15) is 14.4 Å². The van der Waals surface area contributed by atoms with Crippen LogP contribution in [0.2, 0.25) is 0 Å². The highest BCUT2D eigenvalue weighted by Crippen LogP contribution is 2.27. The van der Waals surface area contributed by atoms with E-state index in [-0.39, 0.29) is 18.2 Å². The van der Waals surface area contributed by atoms with Gasteiger partial charge in [0, 0.05) is 31.9 Å². The Labute approximate surface area is 134 Å². The SMILES string of the molecule is O=C1NC(=O)C(CCC(=O)N2CCC(c3ccncc3)CC2)N1. The standard InChI is InChI=1S/C16H20N4O3/c21-14(2-1-13-15(22)19-16(23)18-13)20-9-5-12(6-10-20)11-3-7-17-8-4-11/h3-4,7-8,12-13H,1-2,5-6,9-10H2,(H2,18,19,22,23). The van der Waals surface area contributed by atoms with Crippen LogP contribution >= 0.6 is 0 Å². The highest BCUT2D eigenvalue weighted by molar-refractivity contribution is 6.04. The van der Waals surface area contributed by atoms with E-state index in [0.29, 0.717) is 12.3 Å². The summed E-state index contributed by atoms with van der Waals surface area (Å²) < 4.78 is 0. The quantitative estimate of drug-likeness (QED) is 0.803. The maximum atomic E-state index is 12.3. The molecule has 1 aromatic heterocycles. The number of pyridine rings is 1. The Morgan fingerprint density at radius 2 is 1.91 bits per heavy atom. The average Bonchev–Trinajstić information content (AvgIpc) is 2.91. The van der Waals surface area contributed by atoms with E-state index >= 15 is 0 Å². The molecule has 2 aliphatic rings. The molecule has 23 heavy (non-hydrogen) atoms. The predicted molar refractivity (Wildman–Crippen MR) is 82.5 cm³/mol. The van der Waals surface area contributed by atoms with Crippen LogP contribution in [0.3, 0.4) is 0 Å². The lowest BCUT2D eigenvalue weighted by Crippen LogP contribution is -2.39. The van der Waals surface area contributed by atoms with E-state index in [1.807, 2.05) is 17.0 Å². The van der Waals surface area contributed by atoms with Crippen LogP contribution in [0.15, 0.2) is 24.5 Å². The van der Waals surface area contributed by atoms with E-state index in [4.69, 9.17) is 0 Å². The van der Waals surface area contributed by atoms with Crippen molar-refractivity contribution in [3.05, 3.63) is 30.1 Å². The van der Waals surface area contributed by atoms with Crippen molar-refractivity contribution in [2.24, 2.45) is 0 Å². The third-order valence-corrected chi connectivity index (χ3v) is 4.53. The molecule has 7 nitrogen and oxygen atoms in total. The molecular weight excluding hydrogens is 296 g/mol. The molecule has 1 aromatic rings. The first-order chi connectivity index (χ1) is 11.1. The van der Waals surface area contributed by atoms with Crippen LogP contribution < -0.4 is 10.6 Å². The van der Waals surface area contributed by atoms with Gasteiger partial charge >= 0.3 is 6.03 Å². The fraction of sp³-hybridized carbons (Fsp3) is 0.500. The van der Waals surface area contributed by atoms with Crippen LogP contribution in [0.5, 0.6) is 0 Å². The van der Waals surface area contributed by atoms with Gasteiger partial charge in [-0.1, -0.05) is 0 Å². The molecule has 0 saturated carbocycles. The van der Waals surface area contributed by atoms with Crippen molar-refractivity contribution in [3.8, 4) is 0 Å². The maximum absolute atomic E-state index is 12.3. The van der Waals surface area contributed by atoms with Gasteiger partial charge in [-0.2, -0.15) is 0 Å². The number of imide groups is 1. The van der Waals surface area contributed by atoms with Gasteiger partial charge in [-0.15, -0.1) is 0 Å². The molecule has 3 rings (SSSR count). The van der Waals surface area contributed by atoms with Gasteiger partial charge in [-0.25, -0.2) is 4.79 Å². The first kappa shape index (κ1) is 15.5. The molecule has 0 bridgehead atoms. The summed E-state index contributed by atoms with van der Waals surface area (Å²) in [7, 11) is 0. The number of likely N-dealkylation sites (tertiary alicyclic amines) is 1. The Morgan fingerprint density at radius 1 is 1.22 bits per heavy atom. The van der Waals surface area contributed by atoms with Crippen molar-refractivity contribution in [1.29, 1.82) is 0 Å². The van der Waals surface area contributed by atoms with Crippen LogP contribution in [-0.4, -0.2) is 46.9 Å². The van der Waals surface area contributed by atoms with Gasteiger partial charge in [-0.3, -0.25) is 19.9 Å². The van der Waals surface area contributed by atoms with Gasteiger partial charge in [0.1, 0.15) is 6.04 Å². The number of carbonyl (C=O) groups excluding carboxylic acids is 3. The van der Waals surface area contributed by atoms with E-state index in [1.54, 1.807) is 12.4 Å². The van der Waals surface area contributed by atoms with Crippen molar-refractivity contribution >= 4 is 17.8 Å². The van der Waals surface area contributed by atoms with Gasteiger partial charge in [0.2, 0.25) is 5.91 Å². The molecule has 1 unspecified atom stereocenters. The molecule has 0 radical (unpaired) electrons. The Balaban J connectivity index is 1.45. The van der Waals surface area contributed by atoms with Crippen LogP contribution in [0.25, 0.3) is 0 Å². The summed E-state index contributed by atoms with van der Waals surface area (Å²) in [5, 5.41) is 4.69. The second kappa shape index (κ2) is 6.76. The molecule has 1 atom stereocenters. The number of hydrogen-bond donors (Lipinski definition) is 2. The Bertz CT molecular complexity index is 597. The summed E-state index contributed by atoms with van der Waals surface area (Å²) >= 11 is 0. The number of aromatic nitrogens is 1. The van der Waals surface area contributed by atoms with Gasteiger partial charge in [0.05, 0.1) is 0 Å². The normalized spacial score (nSPS) is 21.9. The Kier molecular flexibility index (Phi) is 4.55. The lowest BCUT2D eigenvalue weighted by molar-refractivity contribution is -0.132. The first-order valence-electron chi connectivity index (χ1n) is 7.92. The minimum Gasteiger partial charge on any atom is -0.343 e. The lowest BCUT2D eigenvalue weighted by Gasteiger charge is -2.32. The van der Waals surface area contributed by atoms with Crippen molar-refractivity contribution in [3.63, 3.8) is 0 Å². The molecule has 2 aliphatic heterocycles. The predicted octanol–water partition coefficient (Wildman–Crippen LogP) is 0.776. The van der Waals surface area contributed by atoms with Crippen LogP contribution in [0.1, 0.15) is 37.2 Å². The molecular formula is C16H20N4O3. The van der Waals surface area contributed by atoms with Gasteiger partial charge in [-0.05, 0) is 42.9 Å². The van der Waals surface area contributed by atoms with Crippen LogP contribution in [-0.2, 0) is 9.59 Å². The maximum Gasteiger partial charge on any atom is 0.322 e. The lowest BCUT2D eigenvalue weighted by atomic mass is 9.90. The van der Waals surface area contributed by atoms with E-state index in [2.05, 4.69) is 15.6 Å². The fourth-order valence-corrected chi connectivity index (χ4v) is 3.19. The summed E-state index contributed by atoms with van der Waals surface area (Å²) in [6.07, 6.45) is 6.10. The smallest absolute Gasteiger partial charge is 0.322 e. The van der Waals surface area contributed by atoms with E-state index < -0.39 is 12.1 Å². The zero-order chi connectivity index (χ0) is 16.2. The second-order valence-electron chi connectivity index (χ2n) is 5.99. The van der Waals surface area contributed by atoms with Gasteiger partial charge < -0.3 is 10.2 Å². The summed E-state index contributed by atoms with van der Waals surface area (Å²) in [5.41, 5.74) is 1.28. The van der Waals surface area contributed by atoms with Crippen molar-refractivity contribution in [1.82, 2.24) is 20.5 Å². The second-order valence-corrected chi connectivity index (χ2v) is 5.99. The van der Waals surface area contributed by atoms with Crippen LogP contribution in [0, 0.1) is 0 Å². The topological polar surface area (TPSA) is 91.4 Å². The summed E-state index contributed by atoms with van der Waals surface area (Å²) in [5.74, 6) is 0.174. The van der Waals surface area contributed by atoms with Crippen molar-refractivity contribution < 1.29 is 14.4 Å². The minimum atomic E-state index is -0.583. The Morgan fingerprint density at radius 3 is 2.52 bits per heavy atom. The molecule has 7 heteroatoms. The highest BCUT2D eigenvalue weighted by atomic mass is 16.2. The zero-order valence-electron chi connectivity index (χ0n) is 12.8. The molecule has 2 saturated heterocycles. The first-order valence-corrected chi connectivity index (χ1v) is 7.92. The highest BCUT2D eigenvalue weighted by Gasteiger charge is 2.30. The third-order valence-electron chi connectivity index (χ3n) is 4.53. The number of carbonyl (C=O) groups is 3. The molecule has 2 fully saturated rings. The average molecular weight is 316 g/mol. The Hall–Kier alpha value is -2.44. The molecule has 4 amide bonds. The monoisotopic (exact) mass is 316 g/mol. The molecule has 2 N–H and O–H groups in total. The number of urea groups is 1. The molecule has 3 heterocycles. The number of amides is 4. The minimum absolute atomic E-state index is 0.0483. The van der Waals surface area contributed by atoms with E-state index in [0.717, 1.165) is 25.9 Å². The molecule has 0 spiro atoms. The molecule has 0 aliphatic carbocycles. The zero-order valence-corrected chi connectivity index (χ0v) is 12.8. The number of rotatable bonds is 4. The molecule has 122 valence electrons. The van der Waals surface area contributed by atoms with E-state index in [1.165, 1.54) is 5.56 Å². The van der Waals surface area contributed by atoms with Crippen LogP contribution in [0.4, 0.5) is 4.79 Å². The summed E-state index contributed by atoms with van der Waals surface area (Å²) in [6, 6.07) is 3.00.